The van der Waals surface area contributed by atoms with Gasteiger partial charge in [-0.25, -0.2) is 9.78 Å². The molecule has 2 heterocycles. The molecule has 25 heavy (non-hydrogen) atoms. The lowest BCUT2D eigenvalue weighted by atomic mass is 10.0. The lowest BCUT2D eigenvalue weighted by Gasteiger charge is -2.21. The summed E-state index contributed by atoms with van der Waals surface area (Å²) in [5, 5.41) is 9.33. The number of carbonyl (C=O) groups excluding carboxylic acids is 3. The molecule has 1 fully saturated rings. The van der Waals surface area contributed by atoms with Gasteiger partial charge in [0.2, 0.25) is 5.91 Å². The van der Waals surface area contributed by atoms with Crippen LogP contribution in [0.3, 0.4) is 0 Å². The van der Waals surface area contributed by atoms with Crippen molar-refractivity contribution < 1.29 is 14.4 Å². The minimum atomic E-state index is -0.543. The Hall–Kier alpha value is -3.23. The van der Waals surface area contributed by atoms with Crippen molar-refractivity contribution in [3.8, 4) is 0 Å². The largest absolute Gasteiger partial charge is 0.348 e. The maximum Gasteiger partial charge on any atom is 0.325 e. The summed E-state index contributed by atoms with van der Waals surface area (Å²) in [4.78, 5) is 40.3. The number of rotatable bonds is 7. The van der Waals surface area contributed by atoms with Crippen molar-refractivity contribution in [1.82, 2.24) is 30.3 Å². The van der Waals surface area contributed by atoms with Crippen LogP contribution in [0.1, 0.15) is 18.0 Å². The van der Waals surface area contributed by atoms with E-state index in [1.54, 1.807) is 11.0 Å². The van der Waals surface area contributed by atoms with Gasteiger partial charge in [-0.05, 0) is 12.0 Å². The van der Waals surface area contributed by atoms with Gasteiger partial charge >= 0.3 is 6.03 Å². The zero-order valence-electron chi connectivity index (χ0n) is 13.5. The summed E-state index contributed by atoms with van der Waals surface area (Å²) >= 11 is 0. The zero-order valence-corrected chi connectivity index (χ0v) is 13.5. The highest BCUT2D eigenvalue weighted by molar-refractivity contribution is 6.04. The number of nitrogens with one attached hydrogen (secondary N) is 2. The highest BCUT2D eigenvalue weighted by atomic mass is 16.2. The van der Waals surface area contributed by atoms with Crippen LogP contribution in [0.4, 0.5) is 4.79 Å². The van der Waals surface area contributed by atoms with Crippen LogP contribution in [0.2, 0.25) is 0 Å². The van der Waals surface area contributed by atoms with Crippen LogP contribution in [0.25, 0.3) is 0 Å². The van der Waals surface area contributed by atoms with Crippen molar-refractivity contribution in [3.63, 3.8) is 0 Å². The Labute approximate surface area is 144 Å². The summed E-state index contributed by atoms with van der Waals surface area (Å²) in [5.74, 6) is -0.795. The van der Waals surface area contributed by atoms with Crippen molar-refractivity contribution >= 4 is 17.8 Å². The van der Waals surface area contributed by atoms with E-state index in [0.29, 0.717) is 13.0 Å². The van der Waals surface area contributed by atoms with E-state index in [-0.39, 0.29) is 19.1 Å². The standard InChI is InChI=1S/C16H18N6O3/c23-14(9-22-15(24)8-18-16(22)25)20-13(12-4-2-1-3-5-12)6-7-21-11-17-10-19-21/h1-5,10-11,13H,6-9H2,(H,18,25)(H,20,23). The van der Waals surface area contributed by atoms with Gasteiger partial charge in [-0.1, -0.05) is 30.3 Å². The lowest BCUT2D eigenvalue weighted by Crippen LogP contribution is -2.42. The Kier molecular flexibility index (Phi) is 5.03. The summed E-state index contributed by atoms with van der Waals surface area (Å²) in [6.45, 7) is 0.209. The highest BCUT2D eigenvalue weighted by Crippen LogP contribution is 2.17. The molecule has 0 saturated carbocycles. The topological polar surface area (TPSA) is 109 Å². The molecule has 0 spiro atoms. The summed E-state index contributed by atoms with van der Waals surface area (Å²) in [7, 11) is 0. The average Bonchev–Trinajstić information content (AvgIpc) is 3.25. The van der Waals surface area contributed by atoms with Gasteiger partial charge in [0.25, 0.3) is 5.91 Å². The fraction of sp³-hybridized carbons (Fsp3) is 0.312. The van der Waals surface area contributed by atoms with E-state index in [1.165, 1.54) is 6.33 Å². The van der Waals surface area contributed by atoms with Crippen molar-refractivity contribution in [1.29, 1.82) is 0 Å². The van der Waals surface area contributed by atoms with E-state index in [4.69, 9.17) is 0 Å². The summed E-state index contributed by atoms with van der Waals surface area (Å²) in [6, 6.07) is 8.70. The number of amides is 4. The number of nitrogens with zero attached hydrogens (tertiary/aromatic N) is 4. The molecule has 1 aromatic carbocycles. The van der Waals surface area contributed by atoms with Crippen molar-refractivity contribution in [2.24, 2.45) is 0 Å². The van der Waals surface area contributed by atoms with Gasteiger partial charge in [0.05, 0.1) is 12.6 Å². The van der Waals surface area contributed by atoms with Gasteiger partial charge in [-0.15, -0.1) is 0 Å². The molecule has 1 atom stereocenters. The molecule has 4 amide bonds. The quantitative estimate of drug-likeness (QED) is 0.693. The van der Waals surface area contributed by atoms with Crippen LogP contribution >= 0.6 is 0 Å². The maximum atomic E-state index is 12.3. The highest BCUT2D eigenvalue weighted by Gasteiger charge is 2.30. The maximum absolute atomic E-state index is 12.3. The Bertz CT molecular complexity index is 730. The number of aromatic nitrogens is 3. The molecule has 9 heteroatoms. The molecule has 2 N–H and O–H groups in total. The van der Waals surface area contributed by atoms with Crippen LogP contribution in [0.15, 0.2) is 43.0 Å². The molecular formula is C16H18N6O3. The Balaban J connectivity index is 1.65. The molecule has 0 aliphatic carbocycles. The smallest absolute Gasteiger partial charge is 0.325 e. The molecule has 1 aromatic heterocycles. The molecule has 1 unspecified atom stereocenters. The average molecular weight is 342 g/mol. The molecule has 1 aliphatic rings. The first kappa shape index (κ1) is 16.6. The summed E-state index contributed by atoms with van der Waals surface area (Å²) in [6.07, 6.45) is 3.66. The first-order chi connectivity index (χ1) is 12.1. The van der Waals surface area contributed by atoms with Crippen molar-refractivity contribution in [2.45, 2.75) is 19.0 Å². The van der Waals surface area contributed by atoms with E-state index < -0.39 is 17.8 Å². The molecule has 0 bridgehead atoms. The second kappa shape index (κ2) is 7.56. The molecule has 130 valence electrons. The van der Waals surface area contributed by atoms with Gasteiger partial charge < -0.3 is 10.6 Å². The third-order valence-electron chi connectivity index (χ3n) is 3.89. The van der Waals surface area contributed by atoms with Gasteiger partial charge in [-0.3, -0.25) is 19.2 Å². The minimum Gasteiger partial charge on any atom is -0.348 e. The lowest BCUT2D eigenvalue weighted by molar-refractivity contribution is -0.131. The second-order valence-electron chi connectivity index (χ2n) is 5.62. The van der Waals surface area contributed by atoms with E-state index in [0.717, 1.165) is 10.5 Å². The molecule has 3 rings (SSSR count). The van der Waals surface area contributed by atoms with E-state index in [2.05, 4.69) is 20.7 Å². The predicted molar refractivity (Wildman–Crippen MR) is 87.1 cm³/mol. The number of urea groups is 1. The number of hydrogen-bond acceptors (Lipinski definition) is 5. The molecule has 1 aliphatic heterocycles. The Morgan fingerprint density at radius 2 is 2.08 bits per heavy atom. The van der Waals surface area contributed by atoms with E-state index >= 15 is 0 Å². The van der Waals surface area contributed by atoms with Crippen LogP contribution in [0.5, 0.6) is 0 Å². The van der Waals surface area contributed by atoms with Gasteiger partial charge in [-0.2, -0.15) is 5.10 Å². The summed E-state index contributed by atoms with van der Waals surface area (Å²) < 4.78 is 1.68. The van der Waals surface area contributed by atoms with Crippen molar-refractivity contribution in [3.05, 3.63) is 48.5 Å². The van der Waals surface area contributed by atoms with Crippen molar-refractivity contribution in [2.75, 3.05) is 13.1 Å². The van der Waals surface area contributed by atoms with Gasteiger partial charge in [0, 0.05) is 6.54 Å². The minimum absolute atomic E-state index is 0.0689. The normalized spacial score (nSPS) is 15.1. The SMILES string of the molecule is O=C(CN1C(=O)CNC1=O)NC(CCn1cncn1)c1ccccc1. The Morgan fingerprint density at radius 1 is 1.28 bits per heavy atom. The number of aryl methyl sites for hydroxylation is 1. The molecule has 0 radical (unpaired) electrons. The van der Waals surface area contributed by atoms with Crippen LogP contribution in [-0.4, -0.2) is 50.6 Å². The van der Waals surface area contributed by atoms with Crippen LogP contribution in [-0.2, 0) is 16.1 Å². The molecular weight excluding hydrogens is 324 g/mol. The molecule has 2 aromatic rings. The first-order valence-electron chi connectivity index (χ1n) is 7.88. The van der Waals surface area contributed by atoms with E-state index in [9.17, 15) is 14.4 Å². The second-order valence-corrected chi connectivity index (χ2v) is 5.62. The number of imide groups is 1. The van der Waals surface area contributed by atoms with Gasteiger partial charge in [0.1, 0.15) is 19.2 Å². The summed E-state index contributed by atoms with van der Waals surface area (Å²) in [5.41, 5.74) is 0.938. The fourth-order valence-corrected chi connectivity index (χ4v) is 2.62. The van der Waals surface area contributed by atoms with Crippen LogP contribution in [0, 0.1) is 0 Å². The zero-order chi connectivity index (χ0) is 17.6. The fourth-order valence-electron chi connectivity index (χ4n) is 2.62. The number of carbonyl (C=O) groups is 3. The molecule has 9 nitrogen and oxygen atoms in total. The number of hydrogen-bond donors (Lipinski definition) is 2. The van der Waals surface area contributed by atoms with E-state index in [1.807, 2.05) is 30.3 Å². The third kappa shape index (κ3) is 4.19. The third-order valence-corrected chi connectivity index (χ3v) is 3.89. The predicted octanol–water partition coefficient (Wildman–Crippen LogP) is 0.0775. The monoisotopic (exact) mass is 342 g/mol. The Morgan fingerprint density at radius 3 is 2.72 bits per heavy atom. The van der Waals surface area contributed by atoms with Crippen LogP contribution < -0.4 is 10.6 Å². The molecule has 1 saturated heterocycles. The van der Waals surface area contributed by atoms with Gasteiger partial charge in [0.15, 0.2) is 0 Å². The first-order valence-corrected chi connectivity index (χ1v) is 7.88. The number of benzene rings is 1.